The zero-order valence-electron chi connectivity index (χ0n) is 12.0. The van der Waals surface area contributed by atoms with Gasteiger partial charge >= 0.3 is 0 Å². The van der Waals surface area contributed by atoms with E-state index in [1.807, 2.05) is 0 Å². The molecule has 0 bridgehead atoms. The third-order valence-electron chi connectivity index (χ3n) is 3.94. The third-order valence-corrected chi connectivity index (χ3v) is 3.94. The summed E-state index contributed by atoms with van der Waals surface area (Å²) in [6, 6.07) is 0.283. The van der Waals surface area contributed by atoms with Crippen molar-refractivity contribution in [1.82, 2.24) is 5.32 Å². The lowest BCUT2D eigenvalue weighted by Crippen LogP contribution is -2.65. The van der Waals surface area contributed by atoms with Gasteiger partial charge in [-0.2, -0.15) is 0 Å². The zero-order chi connectivity index (χ0) is 13.3. The molecule has 0 aromatic rings. The van der Waals surface area contributed by atoms with Crippen molar-refractivity contribution < 1.29 is 4.79 Å². The number of hydrogen-bond donors (Lipinski definition) is 2. The van der Waals surface area contributed by atoms with Crippen molar-refractivity contribution in [2.24, 2.45) is 17.1 Å². The van der Waals surface area contributed by atoms with Crippen molar-refractivity contribution in [3.63, 3.8) is 0 Å². The lowest BCUT2D eigenvalue weighted by atomic mass is 9.61. The lowest BCUT2D eigenvalue weighted by molar-refractivity contribution is -0.131. The molecule has 100 valence electrons. The number of carbonyl (C=O) groups is 1. The summed E-state index contributed by atoms with van der Waals surface area (Å²) < 4.78 is 0. The van der Waals surface area contributed by atoms with Gasteiger partial charge in [-0.1, -0.05) is 33.6 Å². The Morgan fingerprint density at radius 2 is 1.94 bits per heavy atom. The maximum Gasteiger partial charge on any atom is 0.238 e. The van der Waals surface area contributed by atoms with E-state index in [4.69, 9.17) is 5.73 Å². The van der Waals surface area contributed by atoms with E-state index < -0.39 is 5.54 Å². The number of nitrogens with two attached hydrogens (primary N) is 1. The van der Waals surface area contributed by atoms with Crippen LogP contribution in [-0.2, 0) is 4.79 Å². The molecule has 0 spiro atoms. The minimum Gasteiger partial charge on any atom is -0.368 e. The summed E-state index contributed by atoms with van der Waals surface area (Å²) in [5.41, 5.74) is 5.34. The van der Waals surface area contributed by atoms with Gasteiger partial charge in [0, 0.05) is 6.04 Å². The molecule has 1 rings (SSSR count). The van der Waals surface area contributed by atoms with Crippen LogP contribution in [0.4, 0.5) is 0 Å². The summed E-state index contributed by atoms with van der Waals surface area (Å²) in [5, 5.41) is 3.48. The minimum absolute atomic E-state index is 0.108. The maximum atomic E-state index is 12.0. The van der Waals surface area contributed by atoms with Crippen LogP contribution in [0.15, 0.2) is 0 Å². The van der Waals surface area contributed by atoms with E-state index in [0.717, 1.165) is 19.3 Å². The van der Waals surface area contributed by atoms with Gasteiger partial charge in [0.05, 0.1) is 0 Å². The van der Waals surface area contributed by atoms with E-state index in [1.165, 1.54) is 6.42 Å². The van der Waals surface area contributed by atoms with Crippen LogP contribution in [0.2, 0.25) is 0 Å². The number of rotatable bonds is 3. The van der Waals surface area contributed by atoms with Crippen LogP contribution < -0.4 is 11.1 Å². The van der Waals surface area contributed by atoms with E-state index in [2.05, 4.69) is 39.9 Å². The average Bonchev–Trinajstić information content (AvgIpc) is 2.15. The fourth-order valence-corrected chi connectivity index (χ4v) is 3.40. The topological polar surface area (TPSA) is 55.1 Å². The third kappa shape index (κ3) is 3.01. The maximum absolute atomic E-state index is 12.0. The molecule has 0 heterocycles. The number of hydrogen-bond acceptors (Lipinski definition) is 2. The normalized spacial score (nSPS) is 30.6. The first-order valence-electron chi connectivity index (χ1n) is 6.78. The standard InChI is InChI=1S/C14H28N2O/c1-10(2)16-14(12(15)17)9-7-6-8-11(14)13(3,4)5/h10-11,16H,6-9H2,1-5H3,(H2,15,17). The van der Waals surface area contributed by atoms with Crippen molar-refractivity contribution in [3.8, 4) is 0 Å². The Balaban J connectivity index is 3.09. The van der Waals surface area contributed by atoms with Crippen molar-refractivity contribution in [1.29, 1.82) is 0 Å². The molecule has 1 saturated carbocycles. The van der Waals surface area contributed by atoms with Crippen molar-refractivity contribution >= 4 is 5.91 Å². The Labute approximate surface area is 106 Å². The van der Waals surface area contributed by atoms with Crippen molar-refractivity contribution in [2.75, 3.05) is 0 Å². The fourth-order valence-electron chi connectivity index (χ4n) is 3.40. The molecule has 3 heteroatoms. The van der Waals surface area contributed by atoms with Crippen LogP contribution >= 0.6 is 0 Å². The Hall–Kier alpha value is -0.570. The van der Waals surface area contributed by atoms with E-state index in [9.17, 15) is 4.79 Å². The van der Waals surface area contributed by atoms with Gasteiger partial charge in [0.2, 0.25) is 5.91 Å². The molecule has 2 atom stereocenters. The Morgan fingerprint density at radius 1 is 1.35 bits per heavy atom. The van der Waals surface area contributed by atoms with Gasteiger partial charge in [0.15, 0.2) is 0 Å². The van der Waals surface area contributed by atoms with Gasteiger partial charge in [0.25, 0.3) is 0 Å². The average molecular weight is 240 g/mol. The number of carbonyl (C=O) groups excluding carboxylic acids is 1. The highest BCUT2D eigenvalue weighted by molar-refractivity contribution is 5.85. The summed E-state index contributed by atoms with van der Waals surface area (Å²) >= 11 is 0. The predicted molar refractivity (Wildman–Crippen MR) is 71.6 cm³/mol. The molecule has 0 aromatic heterocycles. The Bertz CT molecular complexity index is 280. The number of nitrogens with one attached hydrogen (secondary N) is 1. The fraction of sp³-hybridized carbons (Fsp3) is 0.929. The predicted octanol–water partition coefficient (Wildman–Crippen LogP) is 2.44. The second-order valence-corrected chi connectivity index (χ2v) is 6.80. The van der Waals surface area contributed by atoms with Gasteiger partial charge in [-0.05, 0) is 38.0 Å². The van der Waals surface area contributed by atoms with E-state index in [1.54, 1.807) is 0 Å². The zero-order valence-corrected chi connectivity index (χ0v) is 12.0. The lowest BCUT2D eigenvalue weighted by Gasteiger charge is -2.49. The number of amides is 1. The molecule has 0 saturated heterocycles. The van der Waals surface area contributed by atoms with E-state index >= 15 is 0 Å². The summed E-state index contributed by atoms with van der Waals surface area (Å²) in [6.45, 7) is 10.8. The second kappa shape index (κ2) is 4.97. The highest BCUT2D eigenvalue weighted by atomic mass is 16.1. The quantitative estimate of drug-likeness (QED) is 0.796. The van der Waals surface area contributed by atoms with Gasteiger partial charge in [-0.15, -0.1) is 0 Å². The Kier molecular flexibility index (Phi) is 4.23. The SMILES string of the molecule is CC(C)NC1(C(N)=O)CCCCC1C(C)(C)C. The monoisotopic (exact) mass is 240 g/mol. The molecule has 1 amide bonds. The molecule has 1 aliphatic rings. The van der Waals surface area contributed by atoms with Gasteiger partial charge in [0.1, 0.15) is 5.54 Å². The summed E-state index contributed by atoms with van der Waals surface area (Å²) in [5.74, 6) is 0.148. The largest absolute Gasteiger partial charge is 0.368 e. The van der Waals surface area contributed by atoms with E-state index in [-0.39, 0.29) is 17.4 Å². The molecule has 3 nitrogen and oxygen atoms in total. The van der Waals surface area contributed by atoms with Crippen LogP contribution in [0.25, 0.3) is 0 Å². The van der Waals surface area contributed by atoms with Crippen LogP contribution in [-0.4, -0.2) is 17.5 Å². The number of primary amides is 1. The highest BCUT2D eigenvalue weighted by Crippen LogP contribution is 2.44. The molecule has 17 heavy (non-hydrogen) atoms. The molecule has 3 N–H and O–H groups in total. The molecule has 0 aliphatic heterocycles. The first kappa shape index (κ1) is 14.5. The first-order valence-corrected chi connectivity index (χ1v) is 6.78. The molecule has 1 fully saturated rings. The van der Waals surface area contributed by atoms with Crippen molar-refractivity contribution in [2.45, 2.75) is 71.9 Å². The molecule has 2 unspecified atom stereocenters. The van der Waals surface area contributed by atoms with Gasteiger partial charge in [-0.25, -0.2) is 0 Å². The highest BCUT2D eigenvalue weighted by Gasteiger charge is 2.50. The second-order valence-electron chi connectivity index (χ2n) is 6.80. The smallest absolute Gasteiger partial charge is 0.238 e. The molecule has 0 aromatic carbocycles. The summed E-state index contributed by atoms with van der Waals surface area (Å²) in [6.07, 6.45) is 4.26. The summed E-state index contributed by atoms with van der Waals surface area (Å²) in [4.78, 5) is 12.0. The van der Waals surface area contributed by atoms with Crippen LogP contribution in [0.5, 0.6) is 0 Å². The molecular formula is C14H28N2O. The first-order chi connectivity index (χ1) is 7.70. The summed E-state index contributed by atoms with van der Waals surface area (Å²) in [7, 11) is 0. The van der Waals surface area contributed by atoms with Crippen LogP contribution in [0.1, 0.15) is 60.3 Å². The van der Waals surface area contributed by atoms with Crippen LogP contribution in [0, 0.1) is 11.3 Å². The molecule has 0 radical (unpaired) electrons. The van der Waals surface area contributed by atoms with Crippen LogP contribution in [0.3, 0.4) is 0 Å². The minimum atomic E-state index is -0.509. The van der Waals surface area contributed by atoms with Gasteiger partial charge < -0.3 is 11.1 Å². The molecule has 1 aliphatic carbocycles. The van der Waals surface area contributed by atoms with Gasteiger partial charge in [-0.3, -0.25) is 4.79 Å². The van der Waals surface area contributed by atoms with E-state index in [0.29, 0.717) is 5.92 Å². The van der Waals surface area contributed by atoms with Crippen molar-refractivity contribution in [3.05, 3.63) is 0 Å². The Morgan fingerprint density at radius 3 is 2.35 bits per heavy atom. The molecular weight excluding hydrogens is 212 g/mol.